The summed E-state index contributed by atoms with van der Waals surface area (Å²) in [5.74, 6) is 0.0233. The lowest BCUT2D eigenvalue weighted by Gasteiger charge is -2.06. The number of hydrogen-bond acceptors (Lipinski definition) is 6. The zero-order chi connectivity index (χ0) is 13.5. The van der Waals surface area contributed by atoms with Crippen LogP contribution in [0.5, 0.6) is 0 Å². The van der Waals surface area contributed by atoms with Crippen LogP contribution in [0.15, 0.2) is 4.90 Å². The third-order valence-corrected chi connectivity index (χ3v) is 4.60. The SMILES string of the molecule is CCOCCCNc1sc(C(C)=O)c(N)c1SC. The number of Topliss-reactive ketones (excluding diaryl/α,β-unsaturated/α-hetero) is 1. The van der Waals surface area contributed by atoms with E-state index in [1.807, 2.05) is 13.2 Å². The number of anilines is 2. The van der Waals surface area contributed by atoms with E-state index in [-0.39, 0.29) is 5.78 Å². The molecule has 0 saturated carbocycles. The first-order chi connectivity index (χ1) is 8.61. The molecule has 0 aliphatic rings. The second-order valence-electron chi connectivity index (χ2n) is 3.74. The Hall–Kier alpha value is -0.720. The van der Waals surface area contributed by atoms with Gasteiger partial charge < -0.3 is 15.8 Å². The van der Waals surface area contributed by atoms with Crippen LogP contribution in [0, 0.1) is 0 Å². The zero-order valence-electron chi connectivity index (χ0n) is 11.0. The molecule has 0 radical (unpaired) electrons. The molecule has 18 heavy (non-hydrogen) atoms. The van der Waals surface area contributed by atoms with Crippen molar-refractivity contribution in [2.45, 2.75) is 25.2 Å². The van der Waals surface area contributed by atoms with Crippen LogP contribution in [0.4, 0.5) is 10.7 Å². The summed E-state index contributed by atoms with van der Waals surface area (Å²) >= 11 is 3.00. The van der Waals surface area contributed by atoms with Crippen LogP contribution in [-0.4, -0.2) is 31.8 Å². The quantitative estimate of drug-likeness (QED) is 0.437. The van der Waals surface area contributed by atoms with Crippen molar-refractivity contribution < 1.29 is 9.53 Å². The van der Waals surface area contributed by atoms with Gasteiger partial charge in [-0.15, -0.1) is 23.1 Å². The lowest BCUT2D eigenvalue weighted by Crippen LogP contribution is -2.05. The molecule has 1 aromatic rings. The summed E-state index contributed by atoms with van der Waals surface area (Å²) in [5, 5.41) is 4.31. The number of ketones is 1. The Bertz CT molecular complexity index is 405. The predicted octanol–water partition coefficient (Wildman–Crippen LogP) is 3.09. The molecule has 0 fully saturated rings. The molecule has 0 amide bonds. The van der Waals surface area contributed by atoms with Crippen molar-refractivity contribution in [2.75, 3.05) is 37.1 Å². The van der Waals surface area contributed by atoms with Crippen LogP contribution in [0.2, 0.25) is 0 Å². The second kappa shape index (κ2) is 7.66. The molecule has 0 unspecified atom stereocenters. The van der Waals surface area contributed by atoms with Gasteiger partial charge in [-0.05, 0) is 19.6 Å². The molecule has 1 aromatic heterocycles. The van der Waals surface area contributed by atoms with Gasteiger partial charge in [-0.25, -0.2) is 0 Å². The number of nitrogens with two attached hydrogens (primary N) is 1. The molecule has 0 aromatic carbocycles. The van der Waals surface area contributed by atoms with Crippen molar-refractivity contribution in [2.24, 2.45) is 0 Å². The van der Waals surface area contributed by atoms with E-state index in [1.54, 1.807) is 18.7 Å². The Balaban J connectivity index is 2.64. The summed E-state index contributed by atoms with van der Waals surface area (Å²) in [6.45, 7) is 5.85. The van der Waals surface area contributed by atoms with E-state index in [9.17, 15) is 4.79 Å². The number of nitrogens with one attached hydrogen (secondary N) is 1. The number of carbonyl (C=O) groups is 1. The Morgan fingerprint density at radius 1 is 1.56 bits per heavy atom. The fourth-order valence-electron chi connectivity index (χ4n) is 1.53. The Kier molecular flexibility index (Phi) is 6.52. The van der Waals surface area contributed by atoms with Crippen molar-refractivity contribution in [3.8, 4) is 0 Å². The Morgan fingerprint density at radius 2 is 2.28 bits per heavy atom. The highest BCUT2D eigenvalue weighted by Crippen LogP contribution is 2.41. The van der Waals surface area contributed by atoms with Gasteiger partial charge in [0, 0.05) is 26.7 Å². The topological polar surface area (TPSA) is 64.3 Å². The molecule has 6 heteroatoms. The van der Waals surface area contributed by atoms with E-state index in [1.165, 1.54) is 11.3 Å². The highest BCUT2D eigenvalue weighted by molar-refractivity contribution is 7.99. The maximum absolute atomic E-state index is 11.4. The molecule has 3 N–H and O–H groups in total. The summed E-state index contributed by atoms with van der Waals surface area (Å²) in [6, 6.07) is 0. The molecule has 4 nitrogen and oxygen atoms in total. The molecule has 0 saturated heterocycles. The minimum Gasteiger partial charge on any atom is -0.396 e. The fraction of sp³-hybridized carbons (Fsp3) is 0.583. The fourth-order valence-corrected chi connectivity index (χ4v) is 3.49. The second-order valence-corrected chi connectivity index (χ2v) is 5.58. The number of ether oxygens (including phenoxy) is 1. The summed E-state index contributed by atoms with van der Waals surface area (Å²) < 4.78 is 5.27. The average Bonchev–Trinajstić information content (AvgIpc) is 2.65. The van der Waals surface area contributed by atoms with Gasteiger partial charge in [-0.3, -0.25) is 4.79 Å². The molecule has 0 atom stereocenters. The first-order valence-corrected chi connectivity index (χ1v) is 7.94. The maximum Gasteiger partial charge on any atom is 0.171 e. The van der Waals surface area contributed by atoms with E-state index >= 15 is 0 Å². The summed E-state index contributed by atoms with van der Waals surface area (Å²) in [6.07, 6.45) is 2.91. The predicted molar refractivity (Wildman–Crippen MR) is 80.1 cm³/mol. The number of thioether (sulfide) groups is 1. The summed E-state index contributed by atoms with van der Waals surface area (Å²) in [4.78, 5) is 13.1. The van der Waals surface area contributed by atoms with Gasteiger partial charge in [-0.1, -0.05) is 0 Å². The Morgan fingerprint density at radius 3 is 2.83 bits per heavy atom. The van der Waals surface area contributed by atoms with Crippen LogP contribution < -0.4 is 11.1 Å². The van der Waals surface area contributed by atoms with Crippen molar-refractivity contribution in [1.82, 2.24) is 0 Å². The van der Waals surface area contributed by atoms with Gasteiger partial charge in [0.25, 0.3) is 0 Å². The van der Waals surface area contributed by atoms with Crippen LogP contribution >= 0.6 is 23.1 Å². The van der Waals surface area contributed by atoms with E-state index in [0.29, 0.717) is 10.6 Å². The van der Waals surface area contributed by atoms with Crippen molar-refractivity contribution in [1.29, 1.82) is 0 Å². The van der Waals surface area contributed by atoms with Gasteiger partial charge in [0.05, 0.1) is 15.5 Å². The Labute approximate surface area is 116 Å². The smallest absolute Gasteiger partial charge is 0.171 e. The van der Waals surface area contributed by atoms with Gasteiger partial charge in [0.1, 0.15) is 5.00 Å². The van der Waals surface area contributed by atoms with Gasteiger partial charge in [-0.2, -0.15) is 0 Å². The third kappa shape index (κ3) is 3.90. The minimum atomic E-state index is 0.0233. The zero-order valence-corrected chi connectivity index (χ0v) is 12.7. The summed E-state index contributed by atoms with van der Waals surface area (Å²) in [5.41, 5.74) is 6.58. The average molecular weight is 288 g/mol. The minimum absolute atomic E-state index is 0.0233. The molecule has 1 heterocycles. The molecule has 0 spiro atoms. The van der Waals surface area contributed by atoms with Crippen LogP contribution in [0.1, 0.15) is 29.9 Å². The van der Waals surface area contributed by atoms with E-state index < -0.39 is 0 Å². The normalized spacial score (nSPS) is 10.6. The molecule has 0 aliphatic heterocycles. The van der Waals surface area contributed by atoms with Crippen LogP contribution in [0.25, 0.3) is 0 Å². The number of rotatable bonds is 8. The first kappa shape index (κ1) is 15.3. The van der Waals surface area contributed by atoms with Crippen molar-refractivity contribution >= 4 is 39.6 Å². The van der Waals surface area contributed by atoms with Crippen LogP contribution in [0.3, 0.4) is 0 Å². The monoisotopic (exact) mass is 288 g/mol. The van der Waals surface area contributed by atoms with E-state index in [2.05, 4.69) is 5.32 Å². The molecule has 1 rings (SSSR count). The van der Waals surface area contributed by atoms with Gasteiger partial charge in [0.2, 0.25) is 0 Å². The maximum atomic E-state index is 11.4. The highest BCUT2D eigenvalue weighted by Gasteiger charge is 2.17. The third-order valence-electron chi connectivity index (χ3n) is 2.38. The molecular weight excluding hydrogens is 268 g/mol. The van der Waals surface area contributed by atoms with Crippen molar-refractivity contribution in [3.05, 3.63) is 4.88 Å². The largest absolute Gasteiger partial charge is 0.396 e. The molecule has 102 valence electrons. The first-order valence-electron chi connectivity index (χ1n) is 5.90. The van der Waals surface area contributed by atoms with E-state index in [0.717, 1.165) is 36.1 Å². The molecular formula is C12H20N2O2S2. The van der Waals surface area contributed by atoms with E-state index in [4.69, 9.17) is 10.5 Å². The lowest BCUT2D eigenvalue weighted by molar-refractivity contribution is 0.102. The van der Waals surface area contributed by atoms with Gasteiger partial charge >= 0.3 is 0 Å². The standard InChI is InChI=1S/C12H20N2O2S2/c1-4-16-7-5-6-14-12-11(17-3)9(13)10(18-12)8(2)15/h14H,4-7,13H2,1-3H3. The lowest BCUT2D eigenvalue weighted by atomic mass is 10.3. The number of hydrogen-bond donors (Lipinski definition) is 2. The summed E-state index contributed by atoms with van der Waals surface area (Å²) in [7, 11) is 0. The number of carbonyl (C=O) groups excluding carboxylic acids is 1. The highest BCUT2D eigenvalue weighted by atomic mass is 32.2. The van der Waals surface area contributed by atoms with Crippen LogP contribution in [-0.2, 0) is 4.74 Å². The number of nitrogen functional groups attached to an aromatic ring is 1. The molecule has 0 bridgehead atoms. The number of thiophene rings is 1. The molecule has 0 aliphatic carbocycles. The van der Waals surface area contributed by atoms with Gasteiger partial charge in [0.15, 0.2) is 5.78 Å². The van der Waals surface area contributed by atoms with Crippen molar-refractivity contribution in [3.63, 3.8) is 0 Å².